The van der Waals surface area contributed by atoms with Crippen LogP contribution in [0, 0.1) is 0 Å². The van der Waals surface area contributed by atoms with E-state index in [1.807, 2.05) is 0 Å². The van der Waals surface area contributed by atoms with Gasteiger partial charge in [0.1, 0.15) is 0 Å². The van der Waals surface area contributed by atoms with Crippen LogP contribution >= 0.6 is 0 Å². The molecule has 0 saturated carbocycles. The van der Waals surface area contributed by atoms with Gasteiger partial charge in [-0.15, -0.1) is 0 Å². The van der Waals surface area contributed by atoms with Gasteiger partial charge in [-0.3, -0.25) is 4.79 Å². The number of likely N-dealkylation sites (N-methyl/N-ethyl adjacent to an activating group) is 1. The number of hydrogen-bond acceptors (Lipinski definition) is 4. The lowest BCUT2D eigenvalue weighted by molar-refractivity contribution is -0.245. The maximum atomic E-state index is 11.1. The third-order valence-electron chi connectivity index (χ3n) is 2.67. The molecular formula is C10H16N2O3. The summed E-state index contributed by atoms with van der Waals surface area (Å²) in [5, 5.41) is 0. The van der Waals surface area contributed by atoms with Crippen molar-refractivity contribution < 1.29 is 14.3 Å². The summed E-state index contributed by atoms with van der Waals surface area (Å²) in [5.41, 5.74) is 6.41. The van der Waals surface area contributed by atoms with E-state index in [1.165, 1.54) is 14.2 Å². The van der Waals surface area contributed by atoms with Gasteiger partial charge in [0, 0.05) is 27.0 Å². The molecule has 0 atom stereocenters. The van der Waals surface area contributed by atoms with E-state index < -0.39 is 11.8 Å². The molecule has 0 unspecified atom stereocenters. The van der Waals surface area contributed by atoms with Gasteiger partial charge in [0.15, 0.2) is 0 Å². The Morgan fingerprint density at radius 2 is 2.00 bits per heavy atom. The summed E-state index contributed by atoms with van der Waals surface area (Å²) >= 11 is 0. The first-order chi connectivity index (χ1) is 6.98. The van der Waals surface area contributed by atoms with Gasteiger partial charge in [-0.05, 0) is 19.1 Å². The summed E-state index contributed by atoms with van der Waals surface area (Å²) in [4.78, 5) is 12.8. The number of nitrogens with zero attached hydrogens (tertiary/aromatic N) is 1. The summed E-state index contributed by atoms with van der Waals surface area (Å²) in [6.45, 7) is 1.79. The minimum atomic E-state index is -0.955. The van der Waals surface area contributed by atoms with Crippen molar-refractivity contribution in [2.75, 3.05) is 21.3 Å². The van der Waals surface area contributed by atoms with Crippen LogP contribution in [0.5, 0.6) is 0 Å². The number of carbonyl (C=O) groups is 1. The van der Waals surface area contributed by atoms with E-state index in [4.69, 9.17) is 15.2 Å². The van der Waals surface area contributed by atoms with Crippen LogP contribution in [0.15, 0.2) is 23.4 Å². The zero-order valence-corrected chi connectivity index (χ0v) is 9.40. The smallest absolute Gasteiger partial charge is 0.272 e. The predicted molar refractivity (Wildman–Crippen MR) is 55.5 cm³/mol. The first-order valence-corrected chi connectivity index (χ1v) is 4.52. The molecule has 5 heteroatoms. The number of allylic oxidation sites excluding steroid dienone is 1. The Hall–Kier alpha value is -1.33. The Bertz CT molecular complexity index is 330. The molecule has 84 valence electrons. The van der Waals surface area contributed by atoms with Gasteiger partial charge in [-0.25, -0.2) is 0 Å². The van der Waals surface area contributed by atoms with E-state index in [-0.39, 0.29) is 0 Å². The lowest BCUT2D eigenvalue weighted by atomic mass is 10.1. The Morgan fingerprint density at radius 1 is 1.47 bits per heavy atom. The van der Waals surface area contributed by atoms with Crippen LogP contribution in [0.3, 0.4) is 0 Å². The predicted octanol–water partition coefficient (Wildman–Crippen LogP) is 0.194. The second kappa shape index (κ2) is 4.04. The lowest BCUT2D eigenvalue weighted by Gasteiger charge is -2.40. The first kappa shape index (κ1) is 11.7. The molecule has 1 aliphatic rings. The highest BCUT2D eigenvalue weighted by Gasteiger charge is 2.36. The molecule has 1 heterocycles. The minimum Gasteiger partial charge on any atom is -0.366 e. The van der Waals surface area contributed by atoms with Crippen LogP contribution in [0.1, 0.15) is 6.92 Å². The number of rotatable bonds is 3. The quantitative estimate of drug-likeness (QED) is 0.678. The summed E-state index contributed by atoms with van der Waals surface area (Å²) in [6.07, 6.45) is 3.27. The van der Waals surface area contributed by atoms with E-state index in [9.17, 15) is 4.79 Å². The number of amides is 1. The van der Waals surface area contributed by atoms with Crippen LogP contribution in [0.25, 0.3) is 0 Å². The summed E-state index contributed by atoms with van der Waals surface area (Å²) < 4.78 is 10.5. The average molecular weight is 212 g/mol. The molecule has 0 bridgehead atoms. The van der Waals surface area contributed by atoms with Crippen LogP contribution in [0.2, 0.25) is 0 Å². The van der Waals surface area contributed by atoms with Gasteiger partial charge in [-0.1, -0.05) is 0 Å². The number of hydrogen-bond donors (Lipinski definition) is 1. The molecule has 0 aliphatic carbocycles. The topological polar surface area (TPSA) is 64.8 Å². The molecule has 1 aliphatic heterocycles. The van der Waals surface area contributed by atoms with Crippen LogP contribution in [-0.2, 0) is 14.3 Å². The summed E-state index contributed by atoms with van der Waals surface area (Å²) in [5.74, 6) is -1.42. The van der Waals surface area contributed by atoms with Crippen molar-refractivity contribution in [2.45, 2.75) is 12.8 Å². The minimum absolute atomic E-state index is 0.460. The first-order valence-electron chi connectivity index (χ1n) is 4.52. The number of ether oxygens (including phenoxy) is 2. The zero-order valence-electron chi connectivity index (χ0n) is 9.40. The Kier molecular flexibility index (Phi) is 3.16. The van der Waals surface area contributed by atoms with Gasteiger partial charge >= 0.3 is 0 Å². The highest BCUT2D eigenvalue weighted by molar-refractivity contribution is 5.95. The molecule has 2 N–H and O–H groups in total. The maximum Gasteiger partial charge on any atom is 0.272 e. The van der Waals surface area contributed by atoms with E-state index in [0.29, 0.717) is 11.3 Å². The van der Waals surface area contributed by atoms with E-state index >= 15 is 0 Å². The van der Waals surface area contributed by atoms with Crippen molar-refractivity contribution in [2.24, 2.45) is 5.73 Å². The molecule has 5 nitrogen and oxygen atoms in total. The highest BCUT2D eigenvalue weighted by Crippen LogP contribution is 2.28. The standard InChI is InChI=1S/C10H16N2O3/c1-7-8(9(11)13)5-6-10(14-3,15-4)12(7)2/h5-6H,1-4H3,(H2,11,13). The molecule has 0 radical (unpaired) electrons. The van der Waals surface area contributed by atoms with Gasteiger partial charge in [0.2, 0.25) is 5.91 Å². The van der Waals surface area contributed by atoms with Crippen LogP contribution in [-0.4, -0.2) is 38.0 Å². The number of nitrogens with two attached hydrogens (primary N) is 1. The van der Waals surface area contributed by atoms with Crippen molar-refractivity contribution in [1.82, 2.24) is 4.90 Å². The highest BCUT2D eigenvalue weighted by atomic mass is 16.7. The molecule has 1 amide bonds. The van der Waals surface area contributed by atoms with Crippen LogP contribution in [0.4, 0.5) is 0 Å². The lowest BCUT2D eigenvalue weighted by Crippen LogP contribution is -2.49. The largest absolute Gasteiger partial charge is 0.366 e. The number of primary amides is 1. The van der Waals surface area contributed by atoms with Gasteiger partial charge in [0.25, 0.3) is 5.91 Å². The Morgan fingerprint density at radius 3 is 2.40 bits per heavy atom. The number of methoxy groups -OCH3 is 2. The summed E-state index contributed by atoms with van der Waals surface area (Å²) in [6, 6.07) is 0. The average Bonchev–Trinajstić information content (AvgIpc) is 2.22. The maximum absolute atomic E-state index is 11.1. The van der Waals surface area contributed by atoms with Crippen molar-refractivity contribution >= 4 is 5.91 Å². The molecule has 15 heavy (non-hydrogen) atoms. The molecular weight excluding hydrogens is 196 g/mol. The molecule has 0 aromatic carbocycles. The monoisotopic (exact) mass is 212 g/mol. The second-order valence-electron chi connectivity index (χ2n) is 3.29. The Labute approximate surface area is 89.1 Å². The fourth-order valence-corrected chi connectivity index (χ4v) is 1.59. The van der Waals surface area contributed by atoms with Crippen molar-refractivity contribution in [3.63, 3.8) is 0 Å². The molecule has 0 spiro atoms. The van der Waals surface area contributed by atoms with Gasteiger partial charge < -0.3 is 20.1 Å². The molecule has 0 fully saturated rings. The molecule has 0 aromatic rings. The van der Waals surface area contributed by atoms with Crippen LogP contribution < -0.4 is 5.73 Å². The van der Waals surface area contributed by atoms with E-state index in [1.54, 1.807) is 31.0 Å². The van der Waals surface area contributed by atoms with E-state index in [0.717, 1.165) is 0 Å². The van der Waals surface area contributed by atoms with Crippen molar-refractivity contribution in [1.29, 1.82) is 0 Å². The fourth-order valence-electron chi connectivity index (χ4n) is 1.59. The third kappa shape index (κ3) is 1.75. The molecule has 1 rings (SSSR count). The second-order valence-corrected chi connectivity index (χ2v) is 3.29. The van der Waals surface area contributed by atoms with Gasteiger partial charge in [0.05, 0.1) is 5.57 Å². The number of carbonyl (C=O) groups excluding carboxylic acids is 1. The van der Waals surface area contributed by atoms with Crippen molar-refractivity contribution in [3.8, 4) is 0 Å². The SMILES string of the molecule is COC1(OC)C=CC(C(N)=O)=C(C)N1C. The van der Waals surface area contributed by atoms with E-state index in [2.05, 4.69) is 0 Å². The third-order valence-corrected chi connectivity index (χ3v) is 2.67. The zero-order chi connectivity index (χ0) is 11.6. The van der Waals surface area contributed by atoms with Gasteiger partial charge in [-0.2, -0.15) is 0 Å². The molecule has 0 saturated heterocycles. The normalized spacial score (nSPS) is 19.6. The fraction of sp³-hybridized carbons (Fsp3) is 0.500. The molecule has 0 aromatic heterocycles. The van der Waals surface area contributed by atoms with Crippen molar-refractivity contribution in [3.05, 3.63) is 23.4 Å². The summed E-state index contributed by atoms with van der Waals surface area (Å²) in [7, 11) is 4.84. The Balaban J connectivity index is 3.13.